The van der Waals surface area contributed by atoms with Gasteiger partial charge in [-0.25, -0.2) is 0 Å². The van der Waals surface area contributed by atoms with Crippen LogP contribution in [0, 0.1) is 0 Å². The van der Waals surface area contributed by atoms with Crippen molar-refractivity contribution in [3.05, 3.63) is 29.8 Å². The molecule has 3 rings (SSSR count). The van der Waals surface area contributed by atoms with Gasteiger partial charge in [-0.1, -0.05) is 25.1 Å². The number of likely N-dealkylation sites (tertiary alicyclic amines) is 1. The standard InChI is InChI=1S/C15H19NO3/c1-10-12-6-2-3-7-13(12)19-14(10)15(18)16-8-4-5-11(16)9-17/h2-3,6-7,10-11,14,17H,4-5,8-9H2,1H3/t10-,11+,14-/m1/s1. The van der Waals surface area contributed by atoms with Crippen LogP contribution in [-0.2, 0) is 4.79 Å². The van der Waals surface area contributed by atoms with Gasteiger partial charge in [-0.05, 0) is 18.9 Å². The van der Waals surface area contributed by atoms with E-state index >= 15 is 0 Å². The monoisotopic (exact) mass is 261 g/mol. The number of amides is 1. The third-order valence-electron chi connectivity index (χ3n) is 4.23. The molecule has 4 nitrogen and oxygen atoms in total. The van der Waals surface area contributed by atoms with E-state index < -0.39 is 6.10 Å². The van der Waals surface area contributed by atoms with Gasteiger partial charge < -0.3 is 14.7 Å². The number of hydrogen-bond donors (Lipinski definition) is 1. The fourth-order valence-electron chi connectivity index (χ4n) is 3.11. The van der Waals surface area contributed by atoms with Crippen LogP contribution < -0.4 is 4.74 Å². The predicted octanol–water partition coefficient (Wildman–Crippen LogP) is 1.53. The van der Waals surface area contributed by atoms with Crippen LogP contribution in [0.25, 0.3) is 0 Å². The van der Waals surface area contributed by atoms with Crippen LogP contribution in [0.15, 0.2) is 24.3 Å². The van der Waals surface area contributed by atoms with E-state index in [1.54, 1.807) is 4.90 Å². The number of hydrogen-bond acceptors (Lipinski definition) is 3. The summed E-state index contributed by atoms with van der Waals surface area (Å²) in [5.74, 6) is 0.900. The summed E-state index contributed by atoms with van der Waals surface area (Å²) in [4.78, 5) is 14.4. The molecule has 0 radical (unpaired) electrons. The van der Waals surface area contributed by atoms with Gasteiger partial charge in [0.15, 0.2) is 6.10 Å². The second-order valence-electron chi connectivity index (χ2n) is 5.38. The SMILES string of the molecule is C[C@@H]1c2ccccc2O[C@H]1C(=O)N1CCC[C@H]1CO. The molecule has 0 unspecified atom stereocenters. The number of benzene rings is 1. The molecule has 2 aliphatic rings. The molecule has 0 aromatic heterocycles. The highest BCUT2D eigenvalue weighted by Crippen LogP contribution is 2.38. The molecule has 1 aromatic rings. The van der Waals surface area contributed by atoms with E-state index in [1.165, 1.54) is 0 Å². The van der Waals surface area contributed by atoms with Gasteiger partial charge in [0.25, 0.3) is 5.91 Å². The summed E-state index contributed by atoms with van der Waals surface area (Å²) in [7, 11) is 0. The minimum Gasteiger partial charge on any atom is -0.480 e. The first-order valence-electron chi connectivity index (χ1n) is 6.89. The van der Waals surface area contributed by atoms with Gasteiger partial charge in [0.05, 0.1) is 12.6 Å². The van der Waals surface area contributed by atoms with Crippen LogP contribution in [0.1, 0.15) is 31.2 Å². The van der Waals surface area contributed by atoms with Gasteiger partial charge in [-0.3, -0.25) is 4.79 Å². The van der Waals surface area contributed by atoms with Gasteiger partial charge in [0.2, 0.25) is 0 Å². The van der Waals surface area contributed by atoms with E-state index in [0.29, 0.717) is 0 Å². The van der Waals surface area contributed by atoms with E-state index in [4.69, 9.17) is 4.74 Å². The molecule has 2 aliphatic heterocycles. The molecule has 1 N–H and O–H groups in total. The smallest absolute Gasteiger partial charge is 0.264 e. The third kappa shape index (κ3) is 2.00. The van der Waals surface area contributed by atoms with Crippen molar-refractivity contribution in [3.63, 3.8) is 0 Å². The van der Waals surface area contributed by atoms with E-state index in [0.717, 1.165) is 30.7 Å². The van der Waals surface area contributed by atoms with Crippen LogP contribution >= 0.6 is 0 Å². The number of para-hydroxylation sites is 1. The molecule has 0 saturated carbocycles. The number of aliphatic hydroxyl groups excluding tert-OH is 1. The summed E-state index contributed by atoms with van der Waals surface area (Å²) in [6, 6.07) is 7.78. The second kappa shape index (κ2) is 4.85. The van der Waals surface area contributed by atoms with Gasteiger partial charge in [-0.15, -0.1) is 0 Å². The van der Waals surface area contributed by atoms with Crippen molar-refractivity contribution in [1.82, 2.24) is 4.90 Å². The Labute approximate surface area is 113 Å². The van der Waals surface area contributed by atoms with Gasteiger partial charge in [0, 0.05) is 18.0 Å². The Hall–Kier alpha value is -1.55. The molecule has 0 spiro atoms. The fraction of sp³-hybridized carbons (Fsp3) is 0.533. The molecule has 2 heterocycles. The molecule has 19 heavy (non-hydrogen) atoms. The zero-order chi connectivity index (χ0) is 13.4. The van der Waals surface area contributed by atoms with E-state index in [9.17, 15) is 9.90 Å². The average molecular weight is 261 g/mol. The summed E-state index contributed by atoms with van der Waals surface area (Å²) in [5, 5.41) is 9.33. The number of fused-ring (bicyclic) bond motifs is 1. The normalized spacial score (nSPS) is 29.2. The molecule has 1 fully saturated rings. The number of aliphatic hydroxyl groups is 1. The third-order valence-corrected chi connectivity index (χ3v) is 4.23. The maximum Gasteiger partial charge on any atom is 0.264 e. The van der Waals surface area contributed by atoms with Crippen LogP contribution in [0.4, 0.5) is 0 Å². The average Bonchev–Trinajstić information content (AvgIpc) is 3.03. The lowest BCUT2D eigenvalue weighted by Crippen LogP contribution is -2.46. The number of nitrogens with zero attached hydrogens (tertiary/aromatic N) is 1. The number of carbonyl (C=O) groups excluding carboxylic acids is 1. The lowest BCUT2D eigenvalue weighted by molar-refractivity contribution is -0.140. The molecular formula is C15H19NO3. The van der Waals surface area contributed by atoms with Crippen LogP contribution in [-0.4, -0.2) is 41.2 Å². The largest absolute Gasteiger partial charge is 0.480 e. The Kier molecular flexibility index (Phi) is 3.19. The van der Waals surface area contributed by atoms with E-state index in [2.05, 4.69) is 0 Å². The first-order valence-corrected chi connectivity index (χ1v) is 6.89. The van der Waals surface area contributed by atoms with Crippen molar-refractivity contribution in [2.24, 2.45) is 0 Å². The summed E-state index contributed by atoms with van der Waals surface area (Å²) >= 11 is 0. The maximum absolute atomic E-state index is 12.6. The van der Waals surface area contributed by atoms with Gasteiger partial charge >= 0.3 is 0 Å². The number of ether oxygens (including phenoxy) is 1. The molecular weight excluding hydrogens is 242 g/mol. The van der Waals surface area contributed by atoms with Crippen LogP contribution in [0.5, 0.6) is 5.75 Å². The summed E-state index contributed by atoms with van der Waals surface area (Å²) in [5.41, 5.74) is 1.10. The molecule has 1 aromatic carbocycles. The van der Waals surface area contributed by atoms with Gasteiger partial charge in [0.1, 0.15) is 5.75 Å². The van der Waals surface area contributed by atoms with Crippen LogP contribution in [0.3, 0.4) is 0 Å². The first-order chi connectivity index (χ1) is 9.22. The maximum atomic E-state index is 12.6. The summed E-state index contributed by atoms with van der Waals surface area (Å²) < 4.78 is 5.81. The van der Waals surface area contributed by atoms with Crippen LogP contribution in [0.2, 0.25) is 0 Å². The Bertz CT molecular complexity index is 488. The zero-order valence-corrected chi connectivity index (χ0v) is 11.1. The van der Waals surface area contributed by atoms with Crippen molar-refractivity contribution < 1.29 is 14.6 Å². The topological polar surface area (TPSA) is 49.8 Å². The van der Waals surface area contributed by atoms with Gasteiger partial charge in [-0.2, -0.15) is 0 Å². The molecule has 0 bridgehead atoms. The molecule has 1 amide bonds. The highest BCUT2D eigenvalue weighted by atomic mass is 16.5. The summed E-state index contributed by atoms with van der Waals surface area (Å²) in [6.45, 7) is 2.80. The highest BCUT2D eigenvalue weighted by Gasteiger charge is 2.41. The van der Waals surface area contributed by atoms with E-state index in [-0.39, 0.29) is 24.5 Å². The lowest BCUT2D eigenvalue weighted by atomic mass is 9.96. The van der Waals surface area contributed by atoms with Crippen molar-refractivity contribution in [3.8, 4) is 5.75 Å². The number of carbonyl (C=O) groups is 1. The first kappa shape index (κ1) is 12.5. The predicted molar refractivity (Wildman–Crippen MR) is 71.1 cm³/mol. The lowest BCUT2D eigenvalue weighted by Gasteiger charge is -2.27. The van der Waals surface area contributed by atoms with E-state index in [1.807, 2.05) is 31.2 Å². The molecule has 3 atom stereocenters. The molecule has 102 valence electrons. The minimum atomic E-state index is -0.440. The zero-order valence-electron chi connectivity index (χ0n) is 11.1. The van der Waals surface area contributed by atoms with Crippen molar-refractivity contribution in [1.29, 1.82) is 0 Å². The fourth-order valence-corrected chi connectivity index (χ4v) is 3.11. The number of rotatable bonds is 2. The molecule has 0 aliphatic carbocycles. The van der Waals surface area contributed by atoms with Crippen molar-refractivity contribution >= 4 is 5.91 Å². The van der Waals surface area contributed by atoms with Crippen molar-refractivity contribution in [2.75, 3.05) is 13.2 Å². The molecule has 1 saturated heterocycles. The Morgan fingerprint density at radius 1 is 1.47 bits per heavy atom. The Morgan fingerprint density at radius 2 is 2.26 bits per heavy atom. The van der Waals surface area contributed by atoms with Crippen molar-refractivity contribution in [2.45, 2.75) is 37.8 Å². The summed E-state index contributed by atoms with van der Waals surface area (Å²) in [6.07, 6.45) is 1.41. The highest BCUT2D eigenvalue weighted by molar-refractivity contribution is 5.84. The quantitative estimate of drug-likeness (QED) is 0.878. The second-order valence-corrected chi connectivity index (χ2v) is 5.38. The Balaban J connectivity index is 1.79. The Morgan fingerprint density at radius 3 is 3.00 bits per heavy atom. The molecule has 4 heteroatoms. The minimum absolute atomic E-state index is 0.0141.